The van der Waals surface area contributed by atoms with Crippen LogP contribution in [0.1, 0.15) is 95.6 Å². The normalized spacial score (nSPS) is 29.7. The first-order valence-electron chi connectivity index (χ1n) is 17.5. The molecule has 2 amide bonds. The maximum Gasteiger partial charge on any atom is 0.329 e. The number of hydrogen-bond donors (Lipinski definition) is 4. The summed E-state index contributed by atoms with van der Waals surface area (Å²) in [6, 6.07) is 12.2. The predicted molar refractivity (Wildman–Crippen MR) is 176 cm³/mol. The minimum absolute atomic E-state index is 0.0675. The molecule has 3 saturated carbocycles. The molecule has 2 aromatic carbocycles. The number of phenolic OH excluding ortho intramolecular Hbond substituents is 2. The van der Waals surface area contributed by atoms with Crippen LogP contribution in [-0.4, -0.2) is 68.8 Å². The van der Waals surface area contributed by atoms with Crippen LogP contribution >= 0.6 is 0 Å². The highest BCUT2D eigenvalue weighted by molar-refractivity contribution is 5.93. The lowest BCUT2D eigenvalue weighted by molar-refractivity contribution is -0.166. The second kappa shape index (κ2) is 13.1. The molecule has 7 unspecified atom stereocenters. The molecule has 0 spiro atoms. The van der Waals surface area contributed by atoms with Crippen molar-refractivity contribution >= 4 is 17.8 Å². The first kappa shape index (κ1) is 33.3. The zero-order valence-corrected chi connectivity index (χ0v) is 27.9. The topological polar surface area (TPSA) is 136 Å². The number of fused-ring (bicyclic) bond motifs is 2. The van der Waals surface area contributed by atoms with Crippen LogP contribution in [0.5, 0.6) is 11.5 Å². The number of aromatic hydroxyl groups is 2. The Morgan fingerprint density at radius 2 is 1.68 bits per heavy atom. The van der Waals surface area contributed by atoms with E-state index >= 15 is 0 Å². The summed E-state index contributed by atoms with van der Waals surface area (Å²) < 4.78 is 6.43. The number of nitrogens with zero attached hydrogens (tertiary/aromatic N) is 1. The first-order valence-corrected chi connectivity index (χ1v) is 17.5. The predicted octanol–water partition coefficient (Wildman–Crippen LogP) is 5.21. The van der Waals surface area contributed by atoms with Gasteiger partial charge < -0.3 is 30.3 Å². The number of phenols is 2. The molecule has 0 aromatic heterocycles. The molecule has 9 heteroatoms. The zero-order valence-electron chi connectivity index (χ0n) is 27.9. The van der Waals surface area contributed by atoms with Crippen molar-refractivity contribution in [1.29, 1.82) is 0 Å². The highest BCUT2D eigenvalue weighted by Gasteiger charge is 2.63. The number of benzene rings is 2. The fourth-order valence-corrected chi connectivity index (χ4v) is 9.19. The molecule has 6 rings (SSSR count). The lowest BCUT2D eigenvalue weighted by Crippen LogP contribution is -2.57. The molecule has 4 fully saturated rings. The Kier molecular flexibility index (Phi) is 9.31. The molecule has 3 aliphatic carbocycles. The molecule has 1 saturated heterocycles. The Labute approximate surface area is 277 Å². The van der Waals surface area contributed by atoms with Crippen LogP contribution in [0.4, 0.5) is 0 Å². The van der Waals surface area contributed by atoms with Crippen LogP contribution in [-0.2, 0) is 25.5 Å². The first-order chi connectivity index (χ1) is 22.4. The third-order valence-electron chi connectivity index (χ3n) is 12.6. The van der Waals surface area contributed by atoms with Crippen LogP contribution in [0.15, 0.2) is 48.5 Å². The van der Waals surface area contributed by atoms with Crippen molar-refractivity contribution in [3.63, 3.8) is 0 Å². The standard InChI is InChI=1S/C38H50N2O7/c1-37(2)26-16-18-38(37,3)31(22-26)47-36(46)33-27(24-10-6-4-7-11-24)17-19-40(33)35(45)32(25-12-8-5-9-13-25)39-34(44)30(43)21-23-14-15-28(41)29(42)20-23/h4,6-7,10-11,14-15,20,25-27,30-33,41-43H,5,8-9,12-13,16-19,21-22H2,1-3H3,(H,39,44). The Hall–Kier alpha value is -3.59. The van der Waals surface area contributed by atoms with E-state index in [-0.39, 0.29) is 58.6 Å². The number of aliphatic hydroxyl groups excluding tert-OH is 1. The number of carbonyl (C=O) groups excluding carboxylic acids is 3. The van der Waals surface area contributed by atoms with E-state index in [0.717, 1.165) is 56.9 Å². The molecule has 4 aliphatic rings. The average Bonchev–Trinajstić information content (AvgIpc) is 3.66. The number of carbonyl (C=O) groups is 3. The van der Waals surface area contributed by atoms with Gasteiger partial charge in [-0.1, -0.05) is 76.4 Å². The third-order valence-corrected chi connectivity index (χ3v) is 12.6. The van der Waals surface area contributed by atoms with Gasteiger partial charge >= 0.3 is 5.97 Å². The second-order valence-corrected chi connectivity index (χ2v) is 15.2. The van der Waals surface area contributed by atoms with Gasteiger partial charge in [0.1, 0.15) is 24.3 Å². The van der Waals surface area contributed by atoms with E-state index in [0.29, 0.717) is 24.4 Å². The SMILES string of the molecule is CC1(C)C2CCC1(C)C(OC(=O)C1C(c3ccccc3)CCN1C(=O)C(NC(=O)C(O)Cc1ccc(O)c(O)c1)C1CCCCC1)C2. The van der Waals surface area contributed by atoms with Gasteiger partial charge in [0.15, 0.2) is 11.5 Å². The Bertz CT molecular complexity index is 1470. The zero-order chi connectivity index (χ0) is 33.5. The summed E-state index contributed by atoms with van der Waals surface area (Å²) in [6.45, 7) is 7.17. The van der Waals surface area contributed by atoms with E-state index in [9.17, 15) is 29.7 Å². The molecule has 2 aromatic rings. The quantitative estimate of drug-likeness (QED) is 0.217. The summed E-state index contributed by atoms with van der Waals surface area (Å²) in [7, 11) is 0. The monoisotopic (exact) mass is 646 g/mol. The Balaban J connectivity index is 1.25. The number of hydrogen-bond acceptors (Lipinski definition) is 7. The number of likely N-dealkylation sites (tertiary alicyclic amines) is 1. The molecular formula is C38H50N2O7. The van der Waals surface area contributed by atoms with Crippen molar-refractivity contribution in [1.82, 2.24) is 10.2 Å². The summed E-state index contributed by atoms with van der Waals surface area (Å²) in [5, 5.41) is 33.3. The maximum atomic E-state index is 14.6. The van der Waals surface area contributed by atoms with Gasteiger partial charge in [0.25, 0.3) is 0 Å². The number of ether oxygens (including phenoxy) is 1. The number of rotatable bonds is 9. The lowest BCUT2D eigenvalue weighted by atomic mass is 9.70. The van der Waals surface area contributed by atoms with Crippen molar-refractivity contribution in [3.05, 3.63) is 59.7 Å². The second-order valence-electron chi connectivity index (χ2n) is 15.2. The molecule has 9 nitrogen and oxygen atoms in total. The third kappa shape index (κ3) is 6.23. The van der Waals surface area contributed by atoms with Crippen LogP contribution in [0.2, 0.25) is 0 Å². The largest absolute Gasteiger partial charge is 0.504 e. The van der Waals surface area contributed by atoms with Crippen molar-refractivity contribution in [3.8, 4) is 11.5 Å². The summed E-state index contributed by atoms with van der Waals surface area (Å²) >= 11 is 0. The summed E-state index contributed by atoms with van der Waals surface area (Å²) in [6.07, 6.45) is 6.28. The van der Waals surface area contributed by atoms with Gasteiger partial charge in [-0.15, -0.1) is 0 Å². The lowest BCUT2D eigenvalue weighted by Gasteiger charge is -2.40. The molecular weight excluding hydrogens is 596 g/mol. The van der Waals surface area contributed by atoms with Gasteiger partial charge in [0.05, 0.1) is 0 Å². The number of nitrogens with one attached hydrogen (secondary N) is 1. The van der Waals surface area contributed by atoms with Crippen LogP contribution in [0.25, 0.3) is 0 Å². The van der Waals surface area contributed by atoms with E-state index in [1.807, 2.05) is 30.3 Å². The summed E-state index contributed by atoms with van der Waals surface area (Å²) in [4.78, 5) is 44.0. The summed E-state index contributed by atoms with van der Waals surface area (Å²) in [5.74, 6) is -1.85. The van der Waals surface area contributed by atoms with Gasteiger partial charge in [0, 0.05) is 24.3 Å². The van der Waals surface area contributed by atoms with Crippen LogP contribution < -0.4 is 5.32 Å². The van der Waals surface area contributed by atoms with E-state index in [2.05, 4.69) is 26.1 Å². The number of amides is 2. The van der Waals surface area contributed by atoms with Crippen molar-refractivity contribution in [2.75, 3.05) is 6.54 Å². The molecule has 7 atom stereocenters. The molecule has 1 aliphatic heterocycles. The average molecular weight is 647 g/mol. The Morgan fingerprint density at radius 3 is 2.32 bits per heavy atom. The van der Waals surface area contributed by atoms with Crippen LogP contribution in [0, 0.1) is 22.7 Å². The molecule has 2 bridgehead atoms. The number of esters is 1. The van der Waals surface area contributed by atoms with Gasteiger partial charge in [-0.05, 0) is 79.0 Å². The van der Waals surface area contributed by atoms with Gasteiger partial charge in [-0.2, -0.15) is 0 Å². The van der Waals surface area contributed by atoms with Crippen LogP contribution in [0.3, 0.4) is 0 Å². The molecule has 4 N–H and O–H groups in total. The number of aliphatic hydroxyl groups is 1. The van der Waals surface area contributed by atoms with Gasteiger partial charge in [-0.25, -0.2) is 4.79 Å². The highest BCUT2D eigenvalue weighted by atomic mass is 16.5. The minimum atomic E-state index is -1.48. The van der Waals surface area contributed by atoms with Crippen molar-refractivity contribution in [2.45, 2.75) is 115 Å². The van der Waals surface area contributed by atoms with E-state index in [1.54, 1.807) is 4.90 Å². The Morgan fingerprint density at radius 1 is 0.957 bits per heavy atom. The maximum absolute atomic E-state index is 14.6. The summed E-state index contributed by atoms with van der Waals surface area (Å²) in [5.41, 5.74) is 1.40. The molecule has 254 valence electrons. The van der Waals surface area contributed by atoms with E-state index < -0.39 is 24.1 Å². The van der Waals surface area contributed by atoms with Gasteiger partial charge in [0.2, 0.25) is 11.8 Å². The van der Waals surface area contributed by atoms with Crippen molar-refractivity contribution in [2.24, 2.45) is 22.7 Å². The molecule has 47 heavy (non-hydrogen) atoms. The minimum Gasteiger partial charge on any atom is -0.504 e. The smallest absolute Gasteiger partial charge is 0.329 e. The molecule has 0 radical (unpaired) electrons. The van der Waals surface area contributed by atoms with Crippen molar-refractivity contribution < 1.29 is 34.4 Å². The highest BCUT2D eigenvalue weighted by Crippen LogP contribution is 2.66. The fourth-order valence-electron chi connectivity index (χ4n) is 9.19. The van der Waals surface area contributed by atoms with E-state index in [4.69, 9.17) is 4.74 Å². The van der Waals surface area contributed by atoms with E-state index in [1.165, 1.54) is 18.2 Å². The fraction of sp³-hybridized carbons (Fsp3) is 0.605. The van der Waals surface area contributed by atoms with Gasteiger partial charge in [-0.3, -0.25) is 9.59 Å². The molecule has 1 heterocycles.